The quantitative estimate of drug-likeness (QED) is 0.644. The van der Waals surface area contributed by atoms with Crippen molar-refractivity contribution in [3.8, 4) is 0 Å². The van der Waals surface area contributed by atoms with Crippen molar-refractivity contribution in [3.05, 3.63) is 11.5 Å². The summed E-state index contributed by atoms with van der Waals surface area (Å²) in [6, 6.07) is 0. The molecule has 0 aliphatic rings. The highest BCUT2D eigenvalue weighted by atomic mass is 35.5. The van der Waals surface area contributed by atoms with E-state index in [-0.39, 0.29) is 17.0 Å². The van der Waals surface area contributed by atoms with Gasteiger partial charge in [-0.1, -0.05) is 31.4 Å². The molecule has 0 unspecified atom stereocenters. The van der Waals surface area contributed by atoms with Crippen LogP contribution in [0.3, 0.4) is 0 Å². The predicted octanol–water partition coefficient (Wildman–Crippen LogP) is 2.53. The monoisotopic (exact) mass is 267 g/mol. The molecule has 0 aromatic carbocycles. The van der Waals surface area contributed by atoms with Crippen LogP contribution in [-0.4, -0.2) is 25.8 Å². The van der Waals surface area contributed by atoms with E-state index in [1.54, 1.807) is 0 Å². The van der Waals surface area contributed by atoms with E-state index in [9.17, 15) is 4.79 Å². The maximum absolute atomic E-state index is 11.6. The molecule has 2 heterocycles. The first-order valence-electron chi connectivity index (χ1n) is 5.87. The number of fused-ring (bicyclic) bond motifs is 1. The first kappa shape index (κ1) is 12.8. The highest BCUT2D eigenvalue weighted by Gasteiger charge is 2.10. The largest absolute Gasteiger partial charge is 0.341 e. The number of anilines is 1. The number of nitrogens with one attached hydrogen (secondary N) is 2. The van der Waals surface area contributed by atoms with Crippen molar-refractivity contribution in [2.24, 2.45) is 0 Å². The number of hydrogen-bond acceptors (Lipinski definition) is 4. The molecule has 96 valence electrons. The molecule has 0 aliphatic heterocycles. The van der Waals surface area contributed by atoms with E-state index in [4.69, 9.17) is 11.6 Å². The van der Waals surface area contributed by atoms with Crippen molar-refractivity contribution in [3.63, 3.8) is 0 Å². The second kappa shape index (κ2) is 5.77. The van der Waals surface area contributed by atoms with Gasteiger partial charge in [0.1, 0.15) is 5.52 Å². The Hall–Kier alpha value is -1.69. The number of rotatable bonds is 5. The summed E-state index contributed by atoms with van der Waals surface area (Å²) < 4.78 is 0. The molecule has 7 heteroatoms. The Morgan fingerprint density at radius 1 is 1.44 bits per heavy atom. The second-order valence-corrected chi connectivity index (χ2v) is 4.30. The van der Waals surface area contributed by atoms with Gasteiger partial charge in [-0.25, -0.2) is 4.98 Å². The fourth-order valence-corrected chi connectivity index (χ4v) is 1.80. The third kappa shape index (κ3) is 2.95. The maximum Gasteiger partial charge on any atom is 0.233 e. The summed E-state index contributed by atoms with van der Waals surface area (Å²) >= 11 is 5.94. The van der Waals surface area contributed by atoms with Gasteiger partial charge < -0.3 is 4.98 Å². The number of hydrogen-bond donors (Lipinski definition) is 2. The van der Waals surface area contributed by atoms with Crippen LogP contribution >= 0.6 is 11.6 Å². The molecule has 0 bridgehead atoms. The smallest absolute Gasteiger partial charge is 0.233 e. The van der Waals surface area contributed by atoms with E-state index >= 15 is 0 Å². The van der Waals surface area contributed by atoms with Crippen molar-refractivity contribution >= 4 is 34.6 Å². The van der Waals surface area contributed by atoms with Crippen molar-refractivity contribution in [1.29, 1.82) is 0 Å². The summed E-state index contributed by atoms with van der Waals surface area (Å²) in [4.78, 5) is 26.5. The van der Waals surface area contributed by atoms with Gasteiger partial charge in [0.25, 0.3) is 0 Å². The highest BCUT2D eigenvalue weighted by Crippen LogP contribution is 2.18. The molecule has 2 aromatic heterocycles. The Labute approximate surface area is 109 Å². The molecule has 0 spiro atoms. The minimum atomic E-state index is -0.102. The summed E-state index contributed by atoms with van der Waals surface area (Å²) in [5.41, 5.74) is 1.01. The minimum Gasteiger partial charge on any atom is -0.341 e. The third-order valence-corrected chi connectivity index (χ3v) is 2.77. The second-order valence-electron chi connectivity index (χ2n) is 3.94. The average Bonchev–Trinajstić information content (AvgIpc) is 2.78. The Bertz CT molecular complexity index is 553. The van der Waals surface area contributed by atoms with Crippen LogP contribution in [0.25, 0.3) is 11.2 Å². The van der Waals surface area contributed by atoms with Crippen LogP contribution in [-0.2, 0) is 4.79 Å². The number of aromatic nitrogens is 4. The summed E-state index contributed by atoms with van der Waals surface area (Å²) in [5.74, 6) is 0.0931. The lowest BCUT2D eigenvalue weighted by Crippen LogP contribution is -2.13. The molecule has 2 N–H and O–H groups in total. The van der Waals surface area contributed by atoms with E-state index in [1.165, 1.54) is 6.33 Å². The summed E-state index contributed by atoms with van der Waals surface area (Å²) in [5, 5.41) is 2.88. The first-order valence-corrected chi connectivity index (χ1v) is 6.25. The van der Waals surface area contributed by atoms with E-state index in [1.807, 2.05) is 0 Å². The molecule has 6 nitrogen and oxygen atoms in total. The molecule has 0 radical (unpaired) electrons. The van der Waals surface area contributed by atoms with E-state index in [0.29, 0.717) is 17.6 Å². The molecular weight excluding hydrogens is 254 g/mol. The van der Waals surface area contributed by atoms with Crippen LogP contribution in [0.4, 0.5) is 5.95 Å². The lowest BCUT2D eigenvalue weighted by molar-refractivity contribution is -0.116. The summed E-state index contributed by atoms with van der Waals surface area (Å²) in [6.07, 6.45) is 4.93. The number of aromatic amines is 1. The van der Waals surface area contributed by atoms with Crippen LogP contribution in [0.5, 0.6) is 0 Å². The van der Waals surface area contributed by atoms with Gasteiger partial charge in [-0.15, -0.1) is 0 Å². The molecule has 0 saturated carbocycles. The first-order chi connectivity index (χ1) is 8.70. The molecule has 0 saturated heterocycles. The normalized spacial score (nSPS) is 10.8. The van der Waals surface area contributed by atoms with E-state index in [0.717, 1.165) is 19.3 Å². The number of H-pyrrole nitrogens is 1. The molecule has 18 heavy (non-hydrogen) atoms. The molecule has 2 rings (SSSR count). The highest BCUT2D eigenvalue weighted by molar-refractivity contribution is 6.33. The van der Waals surface area contributed by atoms with Gasteiger partial charge in [-0.2, -0.15) is 9.97 Å². The SMILES string of the molecule is CCCCCC(=O)Nc1nc(Cl)c2[nH]cnc2n1. The Morgan fingerprint density at radius 2 is 2.28 bits per heavy atom. The van der Waals surface area contributed by atoms with Crippen molar-refractivity contribution < 1.29 is 4.79 Å². The number of imidazole rings is 1. The third-order valence-electron chi connectivity index (χ3n) is 2.50. The van der Waals surface area contributed by atoms with Gasteiger partial charge in [-0.3, -0.25) is 10.1 Å². The van der Waals surface area contributed by atoms with Crippen molar-refractivity contribution in [2.75, 3.05) is 5.32 Å². The topological polar surface area (TPSA) is 83.6 Å². The molecular formula is C11H14ClN5O. The number of carbonyl (C=O) groups is 1. The molecule has 0 aliphatic carbocycles. The van der Waals surface area contributed by atoms with Crippen molar-refractivity contribution in [2.45, 2.75) is 32.6 Å². The van der Waals surface area contributed by atoms with Gasteiger partial charge in [0.2, 0.25) is 11.9 Å². The van der Waals surface area contributed by atoms with E-state index in [2.05, 4.69) is 32.2 Å². The van der Waals surface area contributed by atoms with Crippen LogP contribution in [0.1, 0.15) is 32.6 Å². The lowest BCUT2D eigenvalue weighted by atomic mass is 10.2. The maximum atomic E-state index is 11.6. The molecule has 0 fully saturated rings. The average molecular weight is 268 g/mol. The predicted molar refractivity (Wildman–Crippen MR) is 69.5 cm³/mol. The number of nitrogens with zero attached hydrogens (tertiary/aromatic N) is 3. The fourth-order valence-electron chi connectivity index (χ4n) is 1.58. The number of carbonyl (C=O) groups excluding carboxylic acids is 1. The van der Waals surface area contributed by atoms with Crippen LogP contribution in [0.2, 0.25) is 5.15 Å². The summed E-state index contributed by atoms with van der Waals surface area (Å²) in [7, 11) is 0. The zero-order valence-electron chi connectivity index (χ0n) is 10.0. The Morgan fingerprint density at radius 3 is 3.06 bits per heavy atom. The van der Waals surface area contributed by atoms with Gasteiger partial charge in [0.15, 0.2) is 10.8 Å². The number of unbranched alkanes of at least 4 members (excludes halogenated alkanes) is 2. The van der Waals surface area contributed by atoms with Gasteiger partial charge >= 0.3 is 0 Å². The van der Waals surface area contributed by atoms with Crippen LogP contribution < -0.4 is 5.32 Å². The zero-order valence-corrected chi connectivity index (χ0v) is 10.8. The molecule has 1 amide bonds. The van der Waals surface area contributed by atoms with Crippen LogP contribution in [0, 0.1) is 0 Å². The summed E-state index contributed by atoms with van der Waals surface area (Å²) in [6.45, 7) is 2.09. The Kier molecular flexibility index (Phi) is 4.09. The lowest BCUT2D eigenvalue weighted by Gasteiger charge is -2.03. The fraction of sp³-hybridized carbons (Fsp3) is 0.455. The number of halogens is 1. The number of amides is 1. The Balaban J connectivity index is 2.05. The molecule has 0 atom stereocenters. The van der Waals surface area contributed by atoms with Crippen LogP contribution in [0.15, 0.2) is 6.33 Å². The van der Waals surface area contributed by atoms with Crippen molar-refractivity contribution in [1.82, 2.24) is 19.9 Å². The molecule has 2 aromatic rings. The minimum absolute atomic E-state index is 0.102. The van der Waals surface area contributed by atoms with E-state index < -0.39 is 0 Å². The van der Waals surface area contributed by atoms with Gasteiger partial charge in [-0.05, 0) is 6.42 Å². The van der Waals surface area contributed by atoms with Gasteiger partial charge in [0.05, 0.1) is 6.33 Å². The zero-order chi connectivity index (χ0) is 13.0. The van der Waals surface area contributed by atoms with Gasteiger partial charge in [0, 0.05) is 6.42 Å². The standard InChI is InChI=1S/C11H14ClN5O/c1-2-3-4-5-7(18)15-11-16-9(12)8-10(17-11)14-6-13-8/h6H,2-5H2,1H3,(H2,13,14,15,16,17,18).